The molecule has 0 N–H and O–H groups in total. The summed E-state index contributed by atoms with van der Waals surface area (Å²) in [6.45, 7) is 0. The minimum Gasteiger partial charge on any atom is -0.464 e. The van der Waals surface area contributed by atoms with Crippen LogP contribution in [-0.4, -0.2) is 6.21 Å². The molecule has 0 radical (unpaired) electrons. The molecule has 3 rings (SSSR count). The topological polar surface area (TPSA) is 25.5 Å². The molecule has 0 saturated carbocycles. The highest BCUT2D eigenvalue weighted by Gasteiger charge is 2.10. The van der Waals surface area contributed by atoms with Gasteiger partial charge in [0.15, 0.2) is 0 Å². The predicted molar refractivity (Wildman–Crippen MR) is 61.2 cm³/mol. The fourth-order valence-electron chi connectivity index (χ4n) is 1.92. The summed E-state index contributed by atoms with van der Waals surface area (Å²) < 4.78 is 5.31. The molecule has 2 heterocycles. The highest BCUT2D eigenvalue weighted by Crippen LogP contribution is 2.25. The molecule has 0 bridgehead atoms. The quantitative estimate of drug-likeness (QED) is 0.686. The van der Waals surface area contributed by atoms with E-state index in [2.05, 4.69) is 23.2 Å². The van der Waals surface area contributed by atoms with Crippen LogP contribution in [0.5, 0.6) is 0 Å². The summed E-state index contributed by atoms with van der Waals surface area (Å²) in [6, 6.07) is 8.31. The Hall–Kier alpha value is -1.83. The number of nitrogens with zero attached hydrogens (tertiary/aromatic N) is 1. The van der Waals surface area contributed by atoms with Gasteiger partial charge in [0, 0.05) is 23.7 Å². The van der Waals surface area contributed by atoms with E-state index in [0.717, 1.165) is 17.4 Å². The molecule has 1 atom stereocenters. The van der Waals surface area contributed by atoms with Crippen molar-refractivity contribution in [2.45, 2.75) is 12.3 Å². The van der Waals surface area contributed by atoms with Gasteiger partial charge in [-0.25, -0.2) is 0 Å². The largest absolute Gasteiger partial charge is 0.464 e. The van der Waals surface area contributed by atoms with Crippen LogP contribution in [0.3, 0.4) is 0 Å². The molecule has 2 heteroatoms. The molecule has 1 aliphatic heterocycles. The summed E-state index contributed by atoms with van der Waals surface area (Å²) in [5.74, 6) is 0.411. The zero-order valence-electron chi connectivity index (χ0n) is 8.26. The average molecular weight is 197 g/mol. The Morgan fingerprint density at radius 1 is 1.27 bits per heavy atom. The highest BCUT2D eigenvalue weighted by atomic mass is 16.3. The summed E-state index contributed by atoms with van der Waals surface area (Å²) in [5, 5.41) is 1.16. The maximum Gasteiger partial charge on any atom is 0.133 e. The van der Waals surface area contributed by atoms with Crippen molar-refractivity contribution in [1.29, 1.82) is 0 Å². The number of aliphatic imine (C=N–C) groups is 1. The first-order valence-electron chi connectivity index (χ1n) is 5.09. The van der Waals surface area contributed by atoms with Crippen LogP contribution in [0.1, 0.15) is 17.9 Å². The summed E-state index contributed by atoms with van der Waals surface area (Å²) in [4.78, 5) is 4.17. The third kappa shape index (κ3) is 1.48. The van der Waals surface area contributed by atoms with E-state index in [9.17, 15) is 0 Å². The van der Waals surface area contributed by atoms with Crippen molar-refractivity contribution in [3.05, 3.63) is 48.4 Å². The number of hydrogen-bond acceptors (Lipinski definition) is 2. The van der Waals surface area contributed by atoms with E-state index in [4.69, 9.17) is 4.42 Å². The second kappa shape index (κ2) is 3.39. The van der Waals surface area contributed by atoms with Crippen LogP contribution in [0.25, 0.3) is 11.0 Å². The molecule has 1 unspecified atom stereocenters. The Morgan fingerprint density at radius 3 is 3.13 bits per heavy atom. The van der Waals surface area contributed by atoms with Gasteiger partial charge in [-0.15, -0.1) is 0 Å². The first kappa shape index (κ1) is 8.48. The fraction of sp³-hybridized carbons (Fsp3) is 0.154. The van der Waals surface area contributed by atoms with Crippen molar-refractivity contribution >= 4 is 17.2 Å². The third-order valence-electron chi connectivity index (χ3n) is 2.75. The van der Waals surface area contributed by atoms with E-state index >= 15 is 0 Å². The van der Waals surface area contributed by atoms with Gasteiger partial charge in [-0.2, -0.15) is 0 Å². The molecular weight excluding hydrogens is 186 g/mol. The molecule has 0 spiro atoms. The molecule has 1 aromatic heterocycles. The summed E-state index contributed by atoms with van der Waals surface area (Å²) in [6.07, 6.45) is 8.72. The number of fused-ring (bicyclic) bond motifs is 1. The molecule has 0 saturated heterocycles. The number of rotatable bonds is 1. The van der Waals surface area contributed by atoms with Crippen molar-refractivity contribution in [2.75, 3.05) is 0 Å². The van der Waals surface area contributed by atoms with Crippen LogP contribution in [0, 0.1) is 0 Å². The monoisotopic (exact) mass is 197 g/mol. The number of benzene rings is 1. The lowest BCUT2D eigenvalue weighted by molar-refractivity contribution is 0.615. The van der Waals surface area contributed by atoms with E-state index < -0.39 is 0 Å². The second-order valence-electron chi connectivity index (χ2n) is 3.74. The minimum absolute atomic E-state index is 0.411. The van der Waals surface area contributed by atoms with Crippen LogP contribution in [0.15, 0.2) is 52.2 Å². The summed E-state index contributed by atoms with van der Waals surface area (Å²) in [7, 11) is 0. The van der Waals surface area contributed by atoms with Crippen LogP contribution >= 0.6 is 0 Å². The van der Waals surface area contributed by atoms with Crippen LogP contribution in [-0.2, 0) is 0 Å². The Labute approximate surface area is 87.9 Å². The molecule has 15 heavy (non-hydrogen) atoms. The highest BCUT2D eigenvalue weighted by molar-refractivity contribution is 5.80. The summed E-state index contributed by atoms with van der Waals surface area (Å²) >= 11 is 0. The van der Waals surface area contributed by atoms with Gasteiger partial charge >= 0.3 is 0 Å². The number of hydrogen-bond donors (Lipinski definition) is 0. The molecule has 1 aromatic carbocycles. The third-order valence-corrected chi connectivity index (χ3v) is 2.75. The Bertz CT molecular complexity index is 536. The van der Waals surface area contributed by atoms with E-state index in [-0.39, 0.29) is 0 Å². The van der Waals surface area contributed by atoms with Crippen molar-refractivity contribution in [3.8, 4) is 0 Å². The van der Waals surface area contributed by atoms with E-state index in [1.165, 1.54) is 5.56 Å². The molecular formula is C13H11NO. The number of furan rings is 1. The van der Waals surface area contributed by atoms with Gasteiger partial charge in [0.25, 0.3) is 0 Å². The smallest absolute Gasteiger partial charge is 0.133 e. The van der Waals surface area contributed by atoms with Gasteiger partial charge in [0.2, 0.25) is 0 Å². The van der Waals surface area contributed by atoms with Crippen molar-refractivity contribution in [1.82, 2.24) is 0 Å². The standard InChI is InChI=1S/C13H11NO/c1-2-12(9-14-6-1)10-3-4-13-11(8-10)5-7-15-13/h1,3-9,12H,2H2. The molecule has 0 aliphatic carbocycles. The first-order valence-corrected chi connectivity index (χ1v) is 5.09. The molecule has 2 aromatic rings. The molecule has 74 valence electrons. The van der Waals surface area contributed by atoms with Crippen LogP contribution in [0.2, 0.25) is 0 Å². The van der Waals surface area contributed by atoms with E-state index in [1.807, 2.05) is 24.5 Å². The van der Waals surface area contributed by atoms with E-state index in [1.54, 1.807) is 6.26 Å². The Balaban J connectivity index is 2.03. The zero-order chi connectivity index (χ0) is 10.1. The van der Waals surface area contributed by atoms with Gasteiger partial charge < -0.3 is 4.42 Å². The minimum atomic E-state index is 0.411. The lowest BCUT2D eigenvalue weighted by Gasteiger charge is -2.12. The molecule has 0 fully saturated rings. The van der Waals surface area contributed by atoms with Gasteiger partial charge in [-0.05, 0) is 30.2 Å². The lowest BCUT2D eigenvalue weighted by Crippen LogP contribution is -2.00. The van der Waals surface area contributed by atoms with Gasteiger partial charge in [0.05, 0.1) is 6.26 Å². The number of allylic oxidation sites excluding steroid dienone is 1. The summed E-state index contributed by atoms with van der Waals surface area (Å²) in [5.41, 5.74) is 2.25. The normalized spacial score (nSPS) is 19.9. The first-order chi connectivity index (χ1) is 7.43. The van der Waals surface area contributed by atoms with Gasteiger partial charge in [0.1, 0.15) is 5.58 Å². The van der Waals surface area contributed by atoms with Crippen molar-refractivity contribution in [2.24, 2.45) is 4.99 Å². The Kier molecular flexibility index (Phi) is 1.91. The SMILES string of the molecule is C1=CN=CC(c2ccc3occc3c2)C1. The molecule has 0 amide bonds. The second-order valence-corrected chi connectivity index (χ2v) is 3.74. The average Bonchev–Trinajstić information content (AvgIpc) is 2.77. The van der Waals surface area contributed by atoms with Gasteiger partial charge in [-0.3, -0.25) is 4.99 Å². The zero-order valence-corrected chi connectivity index (χ0v) is 8.26. The van der Waals surface area contributed by atoms with Crippen molar-refractivity contribution < 1.29 is 4.42 Å². The Morgan fingerprint density at radius 2 is 2.27 bits per heavy atom. The van der Waals surface area contributed by atoms with Crippen LogP contribution < -0.4 is 0 Å². The van der Waals surface area contributed by atoms with Gasteiger partial charge in [-0.1, -0.05) is 12.1 Å². The lowest BCUT2D eigenvalue weighted by atomic mass is 9.95. The van der Waals surface area contributed by atoms with E-state index in [0.29, 0.717) is 5.92 Å². The van der Waals surface area contributed by atoms with Crippen LogP contribution in [0.4, 0.5) is 0 Å². The molecule has 1 aliphatic rings. The maximum absolute atomic E-state index is 5.31. The maximum atomic E-state index is 5.31. The molecule has 2 nitrogen and oxygen atoms in total. The van der Waals surface area contributed by atoms with Crippen molar-refractivity contribution in [3.63, 3.8) is 0 Å². The fourth-order valence-corrected chi connectivity index (χ4v) is 1.92. The predicted octanol–water partition coefficient (Wildman–Crippen LogP) is 3.50.